The molecule has 0 unspecified atom stereocenters. The van der Waals surface area contributed by atoms with Gasteiger partial charge in [0.2, 0.25) is 5.91 Å². The van der Waals surface area contributed by atoms with Gasteiger partial charge in [-0.15, -0.1) is 12.4 Å². The molecule has 0 saturated carbocycles. The number of nitrogens with zero attached hydrogens (tertiary/aromatic N) is 1. The van der Waals surface area contributed by atoms with Crippen LogP contribution in [0.15, 0.2) is 24.3 Å². The molecule has 1 rings (SSSR count). The van der Waals surface area contributed by atoms with E-state index in [1.807, 2.05) is 12.1 Å². The standard InChI is InChI=1S/C15H24N2O2.ClH/c1-12(2)13-5-7-14(8-6-13)17(3)15(18)11-16-9-10-19-4;/h5-8,12,16H,9-11H2,1-4H3;1H. The molecule has 0 aliphatic heterocycles. The van der Waals surface area contributed by atoms with Gasteiger partial charge in [-0.1, -0.05) is 26.0 Å². The first-order chi connectivity index (χ1) is 9.06. The van der Waals surface area contributed by atoms with Crippen LogP contribution >= 0.6 is 12.4 Å². The van der Waals surface area contributed by atoms with E-state index in [1.54, 1.807) is 19.1 Å². The van der Waals surface area contributed by atoms with Crippen LogP contribution in [0.3, 0.4) is 0 Å². The fourth-order valence-electron chi connectivity index (χ4n) is 1.71. The van der Waals surface area contributed by atoms with Crippen molar-refractivity contribution in [2.45, 2.75) is 19.8 Å². The predicted octanol–water partition coefficient (Wildman–Crippen LogP) is 2.43. The summed E-state index contributed by atoms with van der Waals surface area (Å²) in [5, 5.41) is 3.05. The van der Waals surface area contributed by atoms with Crippen molar-refractivity contribution in [3.63, 3.8) is 0 Å². The fraction of sp³-hybridized carbons (Fsp3) is 0.533. The fourth-order valence-corrected chi connectivity index (χ4v) is 1.71. The summed E-state index contributed by atoms with van der Waals surface area (Å²) in [6, 6.07) is 8.12. The van der Waals surface area contributed by atoms with Crippen molar-refractivity contribution in [1.29, 1.82) is 0 Å². The number of hydrogen-bond donors (Lipinski definition) is 1. The summed E-state index contributed by atoms with van der Waals surface area (Å²) >= 11 is 0. The second-order valence-electron chi connectivity index (χ2n) is 4.87. The smallest absolute Gasteiger partial charge is 0.240 e. The van der Waals surface area contributed by atoms with Gasteiger partial charge in [0, 0.05) is 26.4 Å². The average Bonchev–Trinajstić information content (AvgIpc) is 2.42. The van der Waals surface area contributed by atoms with Gasteiger partial charge in [0.05, 0.1) is 13.2 Å². The van der Waals surface area contributed by atoms with E-state index in [2.05, 4.69) is 31.3 Å². The van der Waals surface area contributed by atoms with Crippen LogP contribution in [0.2, 0.25) is 0 Å². The number of amides is 1. The van der Waals surface area contributed by atoms with Crippen molar-refractivity contribution in [3.05, 3.63) is 29.8 Å². The number of benzene rings is 1. The highest BCUT2D eigenvalue weighted by Gasteiger charge is 2.10. The minimum atomic E-state index is 0. The van der Waals surface area contributed by atoms with E-state index >= 15 is 0 Å². The maximum atomic E-state index is 11.9. The molecule has 0 spiro atoms. The van der Waals surface area contributed by atoms with Crippen LogP contribution in [0.1, 0.15) is 25.3 Å². The van der Waals surface area contributed by atoms with E-state index in [0.29, 0.717) is 25.6 Å². The number of carbonyl (C=O) groups excluding carboxylic acids is 1. The van der Waals surface area contributed by atoms with Crippen LogP contribution in [0, 0.1) is 0 Å². The molecule has 0 aliphatic rings. The molecule has 114 valence electrons. The summed E-state index contributed by atoms with van der Waals surface area (Å²) in [5.41, 5.74) is 2.20. The third kappa shape index (κ3) is 5.90. The molecular formula is C15H25ClN2O2. The molecule has 4 nitrogen and oxygen atoms in total. The van der Waals surface area contributed by atoms with Gasteiger partial charge in [-0.05, 0) is 23.6 Å². The third-order valence-electron chi connectivity index (χ3n) is 3.08. The minimum absolute atomic E-state index is 0. The van der Waals surface area contributed by atoms with E-state index in [1.165, 1.54) is 5.56 Å². The molecule has 0 aliphatic carbocycles. The monoisotopic (exact) mass is 300 g/mol. The highest BCUT2D eigenvalue weighted by Crippen LogP contribution is 2.19. The van der Waals surface area contributed by atoms with Crippen molar-refractivity contribution < 1.29 is 9.53 Å². The van der Waals surface area contributed by atoms with E-state index in [-0.39, 0.29) is 18.3 Å². The lowest BCUT2D eigenvalue weighted by Crippen LogP contribution is -2.36. The molecule has 0 atom stereocenters. The van der Waals surface area contributed by atoms with Crippen LogP contribution in [0.4, 0.5) is 5.69 Å². The van der Waals surface area contributed by atoms with Gasteiger partial charge in [-0.25, -0.2) is 0 Å². The Morgan fingerprint density at radius 1 is 1.30 bits per heavy atom. The first kappa shape index (κ1) is 18.9. The summed E-state index contributed by atoms with van der Waals surface area (Å²) in [5.74, 6) is 0.555. The molecule has 0 bridgehead atoms. The summed E-state index contributed by atoms with van der Waals surface area (Å²) in [6.45, 7) is 5.93. The van der Waals surface area contributed by atoms with Crippen molar-refractivity contribution in [2.75, 3.05) is 38.8 Å². The largest absolute Gasteiger partial charge is 0.383 e. The average molecular weight is 301 g/mol. The number of carbonyl (C=O) groups is 1. The van der Waals surface area contributed by atoms with Gasteiger partial charge in [-0.2, -0.15) is 0 Å². The molecular weight excluding hydrogens is 276 g/mol. The number of ether oxygens (including phenoxy) is 1. The molecule has 0 aromatic heterocycles. The normalized spacial score (nSPS) is 10.2. The third-order valence-corrected chi connectivity index (χ3v) is 3.08. The molecule has 20 heavy (non-hydrogen) atoms. The zero-order valence-electron chi connectivity index (χ0n) is 12.7. The first-order valence-electron chi connectivity index (χ1n) is 6.62. The van der Waals surface area contributed by atoms with Crippen LogP contribution in [0.25, 0.3) is 0 Å². The summed E-state index contributed by atoms with van der Waals surface area (Å²) in [7, 11) is 3.44. The highest BCUT2D eigenvalue weighted by molar-refractivity contribution is 5.94. The Labute approximate surface area is 127 Å². The molecule has 0 radical (unpaired) electrons. The molecule has 5 heteroatoms. The molecule has 1 amide bonds. The maximum Gasteiger partial charge on any atom is 0.240 e. The molecule has 0 fully saturated rings. The van der Waals surface area contributed by atoms with Gasteiger partial charge >= 0.3 is 0 Å². The molecule has 0 heterocycles. The number of anilines is 1. The number of hydrogen-bond acceptors (Lipinski definition) is 3. The lowest BCUT2D eigenvalue weighted by molar-refractivity contribution is -0.117. The number of methoxy groups -OCH3 is 1. The maximum absolute atomic E-state index is 11.9. The molecule has 1 N–H and O–H groups in total. The zero-order chi connectivity index (χ0) is 14.3. The van der Waals surface area contributed by atoms with Gasteiger partial charge in [0.1, 0.15) is 0 Å². The number of nitrogens with one attached hydrogen (secondary N) is 1. The van der Waals surface area contributed by atoms with Crippen molar-refractivity contribution in [1.82, 2.24) is 5.32 Å². The van der Waals surface area contributed by atoms with Gasteiger partial charge in [-0.3, -0.25) is 4.79 Å². The van der Waals surface area contributed by atoms with Crippen molar-refractivity contribution in [2.24, 2.45) is 0 Å². The summed E-state index contributed by atoms with van der Waals surface area (Å²) < 4.78 is 4.92. The lowest BCUT2D eigenvalue weighted by atomic mass is 10.0. The number of rotatable bonds is 7. The Kier molecular flexibility index (Phi) is 9.21. The first-order valence-corrected chi connectivity index (χ1v) is 6.62. The van der Waals surface area contributed by atoms with Gasteiger partial charge in [0.15, 0.2) is 0 Å². The summed E-state index contributed by atoms with van der Waals surface area (Å²) in [6.07, 6.45) is 0. The summed E-state index contributed by atoms with van der Waals surface area (Å²) in [4.78, 5) is 13.6. The van der Waals surface area contributed by atoms with E-state index in [0.717, 1.165) is 5.69 Å². The SMILES string of the molecule is COCCNCC(=O)N(C)c1ccc(C(C)C)cc1.Cl. The Balaban J connectivity index is 0.00000361. The molecule has 0 saturated heterocycles. The topological polar surface area (TPSA) is 41.6 Å². The quantitative estimate of drug-likeness (QED) is 0.786. The molecule has 1 aromatic rings. The highest BCUT2D eigenvalue weighted by atomic mass is 35.5. The lowest BCUT2D eigenvalue weighted by Gasteiger charge is -2.18. The second kappa shape index (κ2) is 9.75. The van der Waals surface area contributed by atoms with Gasteiger partial charge < -0.3 is 15.0 Å². The van der Waals surface area contributed by atoms with Crippen LogP contribution in [-0.2, 0) is 9.53 Å². The Hall–Kier alpha value is -1.10. The number of halogens is 1. The Morgan fingerprint density at radius 3 is 2.40 bits per heavy atom. The second-order valence-corrected chi connectivity index (χ2v) is 4.87. The predicted molar refractivity (Wildman–Crippen MR) is 85.9 cm³/mol. The zero-order valence-corrected chi connectivity index (χ0v) is 13.5. The minimum Gasteiger partial charge on any atom is -0.383 e. The van der Waals surface area contributed by atoms with Gasteiger partial charge in [0.25, 0.3) is 0 Å². The van der Waals surface area contributed by atoms with E-state index in [9.17, 15) is 4.79 Å². The van der Waals surface area contributed by atoms with Crippen LogP contribution < -0.4 is 10.2 Å². The van der Waals surface area contributed by atoms with Crippen LogP contribution in [-0.4, -0.2) is 39.8 Å². The van der Waals surface area contributed by atoms with Crippen molar-refractivity contribution in [3.8, 4) is 0 Å². The van der Waals surface area contributed by atoms with E-state index < -0.39 is 0 Å². The molecule has 1 aromatic carbocycles. The Morgan fingerprint density at radius 2 is 1.90 bits per heavy atom. The van der Waals surface area contributed by atoms with Crippen LogP contribution in [0.5, 0.6) is 0 Å². The Bertz CT molecular complexity index is 393. The van der Waals surface area contributed by atoms with Crippen molar-refractivity contribution >= 4 is 24.0 Å². The number of likely N-dealkylation sites (N-methyl/N-ethyl adjacent to an activating group) is 1. The van der Waals surface area contributed by atoms with E-state index in [4.69, 9.17) is 4.74 Å².